The Morgan fingerprint density at radius 2 is 2.19 bits per heavy atom. The smallest absolute Gasteiger partial charge is 0.269 e. The number of hydrogen-bond donors (Lipinski definition) is 1. The van der Waals surface area contributed by atoms with Crippen molar-refractivity contribution in [2.45, 2.75) is 38.3 Å². The van der Waals surface area contributed by atoms with E-state index >= 15 is 0 Å². The molecule has 2 aromatic rings. The summed E-state index contributed by atoms with van der Waals surface area (Å²) in [6.45, 7) is 1.28. The van der Waals surface area contributed by atoms with Gasteiger partial charge in [-0.3, -0.25) is 19.9 Å². The Hall–Kier alpha value is -2.96. The second-order valence-electron chi connectivity index (χ2n) is 7.18. The van der Waals surface area contributed by atoms with E-state index in [1.54, 1.807) is 18.3 Å². The number of benzene rings is 1. The van der Waals surface area contributed by atoms with Gasteiger partial charge in [0.1, 0.15) is 0 Å². The minimum Gasteiger partial charge on any atom is -0.368 e. The van der Waals surface area contributed by atoms with Gasteiger partial charge in [-0.05, 0) is 49.4 Å². The molecule has 2 aliphatic heterocycles. The predicted molar refractivity (Wildman–Crippen MR) is 101 cm³/mol. The van der Waals surface area contributed by atoms with Crippen LogP contribution in [0.1, 0.15) is 30.5 Å². The van der Waals surface area contributed by atoms with Gasteiger partial charge in [-0.15, -0.1) is 0 Å². The zero-order chi connectivity index (χ0) is 18.8. The molecule has 1 saturated heterocycles. The largest absolute Gasteiger partial charge is 0.368 e. The number of carbonyl (C=O) groups is 1. The maximum atomic E-state index is 13.0. The third-order valence-electron chi connectivity index (χ3n) is 5.54. The Morgan fingerprint density at radius 3 is 2.96 bits per heavy atom. The first kappa shape index (κ1) is 17.5. The molecule has 140 valence electrons. The van der Waals surface area contributed by atoms with E-state index in [0.717, 1.165) is 42.8 Å². The first-order valence-electron chi connectivity index (χ1n) is 9.35. The molecule has 7 heteroatoms. The number of carbonyl (C=O) groups excluding carboxylic acids is 1. The van der Waals surface area contributed by atoms with Gasteiger partial charge in [0.2, 0.25) is 5.91 Å². The molecule has 1 N–H and O–H groups in total. The van der Waals surface area contributed by atoms with Gasteiger partial charge in [0.05, 0.1) is 23.1 Å². The third kappa shape index (κ3) is 3.49. The van der Waals surface area contributed by atoms with E-state index < -0.39 is 0 Å². The summed E-state index contributed by atoms with van der Waals surface area (Å²) in [6, 6.07) is 10.8. The van der Waals surface area contributed by atoms with Crippen LogP contribution in [0.3, 0.4) is 0 Å². The van der Waals surface area contributed by atoms with Crippen LogP contribution >= 0.6 is 0 Å². The minimum absolute atomic E-state index is 0.00490. The maximum absolute atomic E-state index is 13.0. The van der Waals surface area contributed by atoms with E-state index in [4.69, 9.17) is 0 Å². The Labute approximate surface area is 157 Å². The highest BCUT2D eigenvalue weighted by Crippen LogP contribution is 2.39. The van der Waals surface area contributed by atoms with Crippen molar-refractivity contribution >= 4 is 17.3 Å². The van der Waals surface area contributed by atoms with E-state index in [1.165, 1.54) is 0 Å². The average molecular weight is 366 g/mol. The molecule has 0 radical (unpaired) electrons. The topological polar surface area (TPSA) is 88.4 Å². The first-order valence-corrected chi connectivity index (χ1v) is 9.35. The summed E-state index contributed by atoms with van der Waals surface area (Å²) in [6.07, 6.45) is 5.40. The van der Waals surface area contributed by atoms with E-state index in [-0.39, 0.29) is 28.5 Å². The molecule has 1 fully saturated rings. The van der Waals surface area contributed by atoms with Gasteiger partial charge in [-0.25, -0.2) is 0 Å². The molecule has 1 aromatic carbocycles. The highest BCUT2D eigenvalue weighted by molar-refractivity contribution is 5.82. The molecule has 2 unspecified atom stereocenters. The summed E-state index contributed by atoms with van der Waals surface area (Å²) >= 11 is 0. The monoisotopic (exact) mass is 366 g/mol. The Morgan fingerprint density at radius 1 is 1.30 bits per heavy atom. The second-order valence-corrected chi connectivity index (χ2v) is 7.18. The van der Waals surface area contributed by atoms with Gasteiger partial charge in [-0.1, -0.05) is 6.07 Å². The third-order valence-corrected chi connectivity index (χ3v) is 5.54. The molecule has 2 aliphatic rings. The summed E-state index contributed by atoms with van der Waals surface area (Å²) in [5, 5.41) is 14.2. The zero-order valence-corrected chi connectivity index (χ0v) is 15.0. The number of fused-ring (bicyclic) bond motifs is 3. The van der Waals surface area contributed by atoms with Crippen LogP contribution in [0.2, 0.25) is 0 Å². The van der Waals surface area contributed by atoms with Crippen LogP contribution in [0.4, 0.5) is 11.4 Å². The van der Waals surface area contributed by atoms with Crippen LogP contribution in [-0.4, -0.2) is 28.4 Å². The number of pyridine rings is 1. The minimum atomic E-state index is -0.376. The second kappa shape index (κ2) is 7.34. The number of piperidine rings is 1. The summed E-state index contributed by atoms with van der Waals surface area (Å²) < 4.78 is 0. The molecule has 7 nitrogen and oxygen atoms in total. The van der Waals surface area contributed by atoms with Gasteiger partial charge < -0.3 is 10.2 Å². The number of aromatic nitrogens is 1. The maximum Gasteiger partial charge on any atom is 0.269 e. The molecule has 0 aliphatic carbocycles. The van der Waals surface area contributed by atoms with Gasteiger partial charge >= 0.3 is 0 Å². The molecule has 27 heavy (non-hydrogen) atoms. The Balaban J connectivity index is 1.57. The molecular weight excluding hydrogens is 344 g/mol. The number of rotatable bonds is 4. The average Bonchev–Trinajstić information content (AvgIpc) is 2.71. The molecule has 0 saturated carbocycles. The van der Waals surface area contributed by atoms with Crippen LogP contribution in [0.25, 0.3) is 0 Å². The van der Waals surface area contributed by atoms with Crippen LogP contribution in [-0.2, 0) is 17.8 Å². The van der Waals surface area contributed by atoms with Crippen molar-refractivity contribution < 1.29 is 9.72 Å². The predicted octanol–water partition coefficient (Wildman–Crippen LogP) is 2.84. The van der Waals surface area contributed by atoms with Crippen molar-refractivity contribution in [3.8, 4) is 0 Å². The molecular formula is C20H22N4O3. The van der Waals surface area contributed by atoms with Crippen molar-refractivity contribution in [2.24, 2.45) is 5.92 Å². The van der Waals surface area contributed by atoms with Crippen LogP contribution < -0.4 is 10.2 Å². The van der Waals surface area contributed by atoms with Crippen molar-refractivity contribution in [3.63, 3.8) is 0 Å². The molecule has 0 spiro atoms. The van der Waals surface area contributed by atoms with Crippen molar-refractivity contribution in [1.29, 1.82) is 0 Å². The lowest BCUT2D eigenvalue weighted by atomic mass is 9.80. The first-order chi connectivity index (χ1) is 13.1. The van der Waals surface area contributed by atoms with Crippen LogP contribution in [0.5, 0.6) is 0 Å². The summed E-state index contributed by atoms with van der Waals surface area (Å²) in [5.41, 5.74) is 2.83. The lowest BCUT2D eigenvalue weighted by Gasteiger charge is -2.45. The van der Waals surface area contributed by atoms with Crippen LogP contribution in [0.15, 0.2) is 42.6 Å². The number of non-ortho nitro benzene ring substituents is 1. The van der Waals surface area contributed by atoms with Gasteiger partial charge in [-0.2, -0.15) is 0 Å². The molecule has 3 heterocycles. The fraction of sp³-hybridized carbons (Fsp3) is 0.400. The molecule has 1 amide bonds. The lowest BCUT2D eigenvalue weighted by molar-refractivity contribution is -0.384. The number of nitro groups is 1. The summed E-state index contributed by atoms with van der Waals surface area (Å²) in [7, 11) is 0. The fourth-order valence-corrected chi connectivity index (χ4v) is 4.26. The van der Waals surface area contributed by atoms with Crippen molar-refractivity contribution in [2.75, 3.05) is 11.4 Å². The number of anilines is 1. The fourth-order valence-electron chi connectivity index (χ4n) is 4.26. The number of nitrogens with zero attached hydrogens (tertiary/aromatic N) is 3. The van der Waals surface area contributed by atoms with E-state index in [9.17, 15) is 14.9 Å². The van der Waals surface area contributed by atoms with Crippen LogP contribution in [0, 0.1) is 16.0 Å². The Kier molecular flexibility index (Phi) is 4.75. The molecule has 0 bridgehead atoms. The standard InChI is InChI=1S/C20H22N4O3/c25-20(22-13-15-5-1-3-9-21-15)17-12-14-11-16(24(26)27)7-8-18(14)23-10-4-2-6-19(17)23/h1,3,5,7-9,11,17,19H,2,4,6,10,12-13H2,(H,22,25). The van der Waals surface area contributed by atoms with Gasteiger partial charge in [0.25, 0.3) is 5.69 Å². The van der Waals surface area contributed by atoms with Gasteiger partial charge in [0.15, 0.2) is 0 Å². The van der Waals surface area contributed by atoms with E-state index in [2.05, 4.69) is 15.2 Å². The van der Waals surface area contributed by atoms with Gasteiger partial charge in [0, 0.05) is 36.6 Å². The highest BCUT2D eigenvalue weighted by atomic mass is 16.6. The van der Waals surface area contributed by atoms with Crippen molar-refractivity contribution in [1.82, 2.24) is 10.3 Å². The summed E-state index contributed by atoms with van der Waals surface area (Å²) in [4.78, 5) is 30.2. The highest BCUT2D eigenvalue weighted by Gasteiger charge is 2.39. The molecule has 4 rings (SSSR count). The lowest BCUT2D eigenvalue weighted by Crippen LogP contribution is -2.53. The van der Waals surface area contributed by atoms with E-state index in [0.29, 0.717) is 13.0 Å². The normalized spacial score (nSPS) is 21.1. The summed E-state index contributed by atoms with van der Waals surface area (Å²) in [5.74, 6) is -0.210. The number of nitro benzene ring substituents is 1. The SMILES string of the molecule is O=C(NCc1ccccn1)C1Cc2cc([N+](=O)[O-])ccc2N2CCCCC12. The molecule has 2 atom stereocenters. The number of amides is 1. The molecule has 1 aromatic heterocycles. The zero-order valence-electron chi connectivity index (χ0n) is 15.0. The van der Waals surface area contributed by atoms with E-state index in [1.807, 2.05) is 24.3 Å². The van der Waals surface area contributed by atoms with Crippen molar-refractivity contribution in [3.05, 3.63) is 64.0 Å². The quantitative estimate of drug-likeness (QED) is 0.664. The number of hydrogen-bond acceptors (Lipinski definition) is 5. The Bertz CT molecular complexity index is 856. The number of nitrogens with one attached hydrogen (secondary N) is 1.